The SMILES string of the molecule is CCCCCC1N(CCCCC)C(=O)N(CCCCC)C(=O)C1(CCCCC)CCCCC. The standard InChI is InChI=1S/C29H56N2O2/c1-6-11-16-21-26-29(22-17-12-7-2,23-18-13-8-3)27(32)31(25-20-15-10-5)28(33)30(26)24-19-14-9-4/h26H,6-25H2,1-5H3. The van der Waals surface area contributed by atoms with Crippen molar-refractivity contribution in [2.75, 3.05) is 13.1 Å². The second-order valence-electron chi connectivity index (χ2n) is 10.4. The zero-order chi connectivity index (χ0) is 24.5. The van der Waals surface area contributed by atoms with Crippen molar-refractivity contribution in [2.45, 2.75) is 156 Å². The highest BCUT2D eigenvalue weighted by molar-refractivity contribution is 6.00. The molecule has 1 rings (SSSR count). The Labute approximate surface area is 206 Å². The van der Waals surface area contributed by atoms with E-state index in [1.165, 1.54) is 38.5 Å². The molecule has 4 nitrogen and oxygen atoms in total. The van der Waals surface area contributed by atoms with E-state index in [9.17, 15) is 9.59 Å². The zero-order valence-electron chi connectivity index (χ0n) is 22.9. The molecule has 33 heavy (non-hydrogen) atoms. The fourth-order valence-electron chi connectivity index (χ4n) is 5.66. The summed E-state index contributed by atoms with van der Waals surface area (Å²) in [4.78, 5) is 31.9. The molecule has 3 amide bonds. The monoisotopic (exact) mass is 464 g/mol. The van der Waals surface area contributed by atoms with Gasteiger partial charge in [-0.05, 0) is 32.1 Å². The minimum atomic E-state index is -0.385. The molecular formula is C29H56N2O2. The summed E-state index contributed by atoms with van der Waals surface area (Å²) in [5.41, 5.74) is -0.385. The van der Waals surface area contributed by atoms with Gasteiger partial charge in [0.2, 0.25) is 5.91 Å². The highest BCUT2D eigenvalue weighted by Gasteiger charge is 2.55. The Morgan fingerprint density at radius 1 is 0.606 bits per heavy atom. The van der Waals surface area contributed by atoms with Crippen LogP contribution in [0, 0.1) is 5.41 Å². The molecule has 1 heterocycles. The zero-order valence-corrected chi connectivity index (χ0v) is 22.9. The van der Waals surface area contributed by atoms with Crippen LogP contribution in [0.1, 0.15) is 150 Å². The maximum absolute atomic E-state index is 14.2. The van der Waals surface area contributed by atoms with Gasteiger partial charge in [0.05, 0.1) is 5.41 Å². The molecule has 1 saturated heterocycles. The van der Waals surface area contributed by atoms with E-state index in [-0.39, 0.29) is 23.4 Å². The van der Waals surface area contributed by atoms with E-state index in [4.69, 9.17) is 0 Å². The van der Waals surface area contributed by atoms with Gasteiger partial charge in [-0.25, -0.2) is 4.79 Å². The predicted molar refractivity (Wildman–Crippen MR) is 142 cm³/mol. The molecule has 0 aromatic rings. The highest BCUT2D eigenvalue weighted by Crippen LogP contribution is 2.45. The quantitative estimate of drug-likeness (QED) is 0.169. The summed E-state index contributed by atoms with van der Waals surface area (Å²) in [7, 11) is 0. The molecule has 0 N–H and O–H groups in total. The largest absolute Gasteiger partial charge is 0.326 e. The van der Waals surface area contributed by atoms with Crippen molar-refractivity contribution in [3.63, 3.8) is 0 Å². The minimum Gasteiger partial charge on any atom is -0.320 e. The molecule has 0 bridgehead atoms. The van der Waals surface area contributed by atoms with Gasteiger partial charge in [0.1, 0.15) is 0 Å². The molecule has 0 aliphatic carbocycles. The number of hydrogen-bond donors (Lipinski definition) is 0. The lowest BCUT2D eigenvalue weighted by Gasteiger charge is -2.53. The normalized spacial score (nSPS) is 18.4. The molecule has 0 aromatic heterocycles. The van der Waals surface area contributed by atoms with Crippen LogP contribution in [0.5, 0.6) is 0 Å². The van der Waals surface area contributed by atoms with Crippen molar-refractivity contribution in [3.8, 4) is 0 Å². The van der Waals surface area contributed by atoms with E-state index in [1.807, 2.05) is 0 Å². The van der Waals surface area contributed by atoms with Crippen molar-refractivity contribution in [3.05, 3.63) is 0 Å². The lowest BCUT2D eigenvalue weighted by Crippen LogP contribution is -2.67. The number of carbonyl (C=O) groups is 2. The average Bonchev–Trinajstić information content (AvgIpc) is 2.81. The van der Waals surface area contributed by atoms with E-state index >= 15 is 0 Å². The van der Waals surface area contributed by atoms with Crippen molar-refractivity contribution < 1.29 is 9.59 Å². The van der Waals surface area contributed by atoms with Gasteiger partial charge in [-0.3, -0.25) is 9.69 Å². The van der Waals surface area contributed by atoms with Crippen molar-refractivity contribution in [1.82, 2.24) is 9.80 Å². The van der Waals surface area contributed by atoms with Crippen LogP contribution in [0.3, 0.4) is 0 Å². The summed E-state index contributed by atoms with van der Waals surface area (Å²) in [5, 5.41) is 0. The number of urea groups is 1. The first-order chi connectivity index (χ1) is 16.0. The minimum absolute atomic E-state index is 0.00955. The Balaban J connectivity index is 3.38. The van der Waals surface area contributed by atoms with E-state index in [2.05, 4.69) is 39.5 Å². The van der Waals surface area contributed by atoms with Crippen molar-refractivity contribution in [1.29, 1.82) is 0 Å². The van der Waals surface area contributed by atoms with E-state index in [0.717, 1.165) is 83.6 Å². The first-order valence-electron chi connectivity index (χ1n) is 14.7. The number of unbranched alkanes of at least 4 members (excludes halogenated alkanes) is 10. The van der Waals surface area contributed by atoms with E-state index in [1.54, 1.807) is 4.90 Å². The summed E-state index contributed by atoms with van der Waals surface area (Å²) >= 11 is 0. The lowest BCUT2D eigenvalue weighted by atomic mass is 9.67. The van der Waals surface area contributed by atoms with Gasteiger partial charge in [0, 0.05) is 19.1 Å². The van der Waals surface area contributed by atoms with Crippen molar-refractivity contribution in [2.24, 2.45) is 5.41 Å². The van der Waals surface area contributed by atoms with Gasteiger partial charge in [0.15, 0.2) is 0 Å². The number of hydrogen-bond acceptors (Lipinski definition) is 2. The van der Waals surface area contributed by atoms with Gasteiger partial charge in [-0.2, -0.15) is 0 Å². The van der Waals surface area contributed by atoms with Crippen molar-refractivity contribution >= 4 is 11.9 Å². The van der Waals surface area contributed by atoms with Gasteiger partial charge < -0.3 is 4.90 Å². The Kier molecular flexibility index (Phi) is 15.8. The maximum atomic E-state index is 14.2. The maximum Gasteiger partial charge on any atom is 0.326 e. The van der Waals surface area contributed by atoms with Crippen LogP contribution in [0.4, 0.5) is 4.79 Å². The van der Waals surface area contributed by atoms with Gasteiger partial charge in [0.25, 0.3) is 0 Å². The molecule has 1 aliphatic heterocycles. The summed E-state index contributed by atoms with van der Waals surface area (Å²) in [5.74, 6) is 0.170. The topological polar surface area (TPSA) is 40.6 Å². The van der Waals surface area contributed by atoms with Crippen LogP contribution in [0.15, 0.2) is 0 Å². The Morgan fingerprint density at radius 3 is 1.58 bits per heavy atom. The van der Waals surface area contributed by atoms with Crippen LogP contribution in [-0.2, 0) is 4.79 Å². The highest BCUT2D eigenvalue weighted by atomic mass is 16.2. The summed E-state index contributed by atoms with van der Waals surface area (Å²) < 4.78 is 0. The van der Waals surface area contributed by atoms with Crippen LogP contribution in [0.2, 0.25) is 0 Å². The Hall–Kier alpha value is -1.06. The molecule has 0 aromatic carbocycles. The molecule has 0 radical (unpaired) electrons. The first kappa shape index (κ1) is 30.0. The molecule has 1 fully saturated rings. The molecule has 0 spiro atoms. The predicted octanol–water partition coefficient (Wildman–Crippen LogP) is 8.73. The van der Waals surface area contributed by atoms with Gasteiger partial charge >= 0.3 is 6.03 Å². The summed E-state index contributed by atoms with van der Waals surface area (Å²) in [6.07, 6.45) is 19.7. The Bertz CT molecular complexity index is 524. The second-order valence-corrected chi connectivity index (χ2v) is 10.4. The first-order valence-corrected chi connectivity index (χ1v) is 14.7. The van der Waals surface area contributed by atoms with Crippen LogP contribution in [-0.4, -0.2) is 40.9 Å². The summed E-state index contributed by atoms with van der Waals surface area (Å²) in [6.45, 7) is 12.5. The van der Waals surface area contributed by atoms with E-state index < -0.39 is 0 Å². The molecule has 1 unspecified atom stereocenters. The number of rotatable bonds is 20. The lowest BCUT2D eigenvalue weighted by molar-refractivity contribution is -0.151. The molecule has 1 aliphatic rings. The molecule has 194 valence electrons. The summed E-state index contributed by atoms with van der Waals surface area (Å²) in [6, 6.07) is 0.0901. The third kappa shape index (κ3) is 8.91. The number of carbonyl (C=O) groups excluding carboxylic acids is 2. The third-order valence-corrected chi connectivity index (χ3v) is 7.68. The Morgan fingerprint density at radius 2 is 1.06 bits per heavy atom. The van der Waals surface area contributed by atoms with Gasteiger partial charge in [-0.15, -0.1) is 0 Å². The van der Waals surface area contributed by atoms with Gasteiger partial charge in [-0.1, -0.05) is 118 Å². The van der Waals surface area contributed by atoms with Crippen LogP contribution in [0.25, 0.3) is 0 Å². The molecular weight excluding hydrogens is 408 g/mol. The molecule has 4 heteroatoms. The fourth-order valence-corrected chi connectivity index (χ4v) is 5.66. The fraction of sp³-hybridized carbons (Fsp3) is 0.931. The van der Waals surface area contributed by atoms with E-state index in [0.29, 0.717) is 6.54 Å². The molecule has 1 atom stereocenters. The average molecular weight is 465 g/mol. The third-order valence-electron chi connectivity index (χ3n) is 7.68. The number of amides is 3. The number of nitrogens with zero attached hydrogens (tertiary/aromatic N) is 2. The smallest absolute Gasteiger partial charge is 0.320 e. The van der Waals surface area contributed by atoms with Crippen LogP contribution >= 0.6 is 0 Å². The second kappa shape index (κ2) is 17.4. The number of imide groups is 1. The molecule has 0 saturated carbocycles. The van der Waals surface area contributed by atoms with Crippen LogP contribution < -0.4 is 0 Å².